The number of ether oxygens (including phenoxy) is 2. The van der Waals surface area contributed by atoms with Crippen LogP contribution in [0.15, 0.2) is 34.5 Å². The van der Waals surface area contributed by atoms with Gasteiger partial charge in [0.05, 0.1) is 24.8 Å². The molecule has 0 aliphatic rings. The quantitative estimate of drug-likeness (QED) is 0.739. The second-order valence-corrected chi connectivity index (χ2v) is 7.86. The number of carbonyl (C=O) groups excluding carboxylic acids is 1. The van der Waals surface area contributed by atoms with E-state index in [4.69, 9.17) is 9.47 Å². The van der Waals surface area contributed by atoms with Crippen LogP contribution >= 0.6 is 11.3 Å². The summed E-state index contributed by atoms with van der Waals surface area (Å²) in [6, 6.07) is 5.89. The smallest absolute Gasteiger partial charge is 0.266 e. The summed E-state index contributed by atoms with van der Waals surface area (Å²) >= 11 is 1.20. The van der Waals surface area contributed by atoms with Gasteiger partial charge in [-0.3, -0.25) is 9.52 Å². The minimum absolute atomic E-state index is 0.0163. The van der Waals surface area contributed by atoms with Gasteiger partial charge >= 0.3 is 0 Å². The summed E-state index contributed by atoms with van der Waals surface area (Å²) in [6.07, 6.45) is 0. The normalized spacial score (nSPS) is 11.1. The van der Waals surface area contributed by atoms with E-state index in [0.29, 0.717) is 29.5 Å². The third-order valence-electron chi connectivity index (χ3n) is 3.82. The van der Waals surface area contributed by atoms with Gasteiger partial charge in [0.25, 0.3) is 15.9 Å². The number of carbonyl (C=O) groups is 1. The van der Waals surface area contributed by atoms with Crippen LogP contribution in [0.1, 0.15) is 23.5 Å². The molecule has 0 unspecified atom stereocenters. The van der Waals surface area contributed by atoms with Crippen molar-refractivity contribution in [2.75, 3.05) is 32.0 Å². The number of hydrogen-bond donors (Lipinski definition) is 1. The van der Waals surface area contributed by atoms with Gasteiger partial charge in [-0.2, -0.15) is 0 Å². The molecule has 26 heavy (non-hydrogen) atoms. The molecule has 9 heteroatoms. The van der Waals surface area contributed by atoms with E-state index in [9.17, 15) is 13.2 Å². The summed E-state index contributed by atoms with van der Waals surface area (Å²) in [5.74, 6) is 0.537. The Morgan fingerprint density at radius 1 is 1.12 bits per heavy atom. The molecule has 2 rings (SSSR count). The van der Waals surface area contributed by atoms with E-state index in [-0.39, 0.29) is 16.5 Å². The number of benzene rings is 1. The van der Waals surface area contributed by atoms with Gasteiger partial charge in [0.1, 0.15) is 4.88 Å². The highest BCUT2D eigenvalue weighted by atomic mass is 32.2. The topological polar surface area (TPSA) is 84.9 Å². The average molecular weight is 399 g/mol. The van der Waals surface area contributed by atoms with Gasteiger partial charge in [-0.25, -0.2) is 8.42 Å². The number of hydrogen-bond acceptors (Lipinski definition) is 6. The molecule has 0 bridgehead atoms. The van der Waals surface area contributed by atoms with Crippen LogP contribution in [0.5, 0.6) is 11.5 Å². The molecule has 1 aromatic carbocycles. The summed E-state index contributed by atoms with van der Waals surface area (Å²) in [5.41, 5.74) is 0.265. The lowest BCUT2D eigenvalue weighted by atomic mass is 10.3. The second kappa shape index (κ2) is 8.41. The summed E-state index contributed by atoms with van der Waals surface area (Å²) in [4.78, 5) is 14.6. The Morgan fingerprint density at radius 2 is 1.77 bits per heavy atom. The Kier molecular flexibility index (Phi) is 6.49. The number of methoxy groups -OCH3 is 2. The molecule has 2 aromatic rings. The van der Waals surface area contributed by atoms with Crippen molar-refractivity contribution in [3.63, 3.8) is 0 Å². The average Bonchev–Trinajstić information content (AvgIpc) is 3.09. The SMILES string of the molecule is CCN(CC)C(=O)c1sccc1NS(=O)(=O)c1ccc(OC)c(OC)c1. The van der Waals surface area contributed by atoms with Crippen LogP contribution in [0.3, 0.4) is 0 Å². The summed E-state index contributed by atoms with van der Waals surface area (Å²) in [7, 11) is -0.981. The molecule has 1 N–H and O–H groups in total. The van der Waals surface area contributed by atoms with E-state index in [2.05, 4.69) is 4.72 Å². The van der Waals surface area contributed by atoms with Crippen molar-refractivity contribution in [3.8, 4) is 11.5 Å². The fourth-order valence-corrected chi connectivity index (χ4v) is 4.36. The molecule has 7 nitrogen and oxygen atoms in total. The Morgan fingerprint density at radius 3 is 2.35 bits per heavy atom. The number of anilines is 1. The lowest BCUT2D eigenvalue weighted by Gasteiger charge is -2.19. The van der Waals surface area contributed by atoms with E-state index >= 15 is 0 Å². The molecule has 1 amide bonds. The number of thiophene rings is 1. The molecule has 0 atom stereocenters. The number of amides is 1. The van der Waals surface area contributed by atoms with Gasteiger partial charge in [0, 0.05) is 19.2 Å². The summed E-state index contributed by atoms with van der Waals surface area (Å²) in [5, 5.41) is 1.68. The zero-order chi connectivity index (χ0) is 19.3. The Balaban J connectivity index is 2.34. The maximum absolute atomic E-state index is 12.7. The second-order valence-electron chi connectivity index (χ2n) is 5.26. The predicted molar refractivity (Wildman–Crippen MR) is 102 cm³/mol. The van der Waals surface area contributed by atoms with E-state index in [1.165, 1.54) is 43.8 Å². The fraction of sp³-hybridized carbons (Fsp3) is 0.353. The first-order valence-electron chi connectivity index (χ1n) is 7.99. The molecule has 1 aromatic heterocycles. The van der Waals surface area contributed by atoms with Crippen LogP contribution in [0.2, 0.25) is 0 Å². The van der Waals surface area contributed by atoms with Crippen molar-refractivity contribution < 1.29 is 22.7 Å². The molecule has 142 valence electrons. The number of nitrogens with zero attached hydrogens (tertiary/aromatic N) is 1. The van der Waals surface area contributed by atoms with Crippen molar-refractivity contribution in [1.29, 1.82) is 0 Å². The van der Waals surface area contributed by atoms with E-state index in [1.807, 2.05) is 13.8 Å². The highest BCUT2D eigenvalue weighted by Gasteiger charge is 2.23. The van der Waals surface area contributed by atoms with Gasteiger partial charge in [0.15, 0.2) is 11.5 Å². The summed E-state index contributed by atoms with van der Waals surface area (Å²) in [6.45, 7) is 4.86. The molecular formula is C17H22N2O5S2. The lowest BCUT2D eigenvalue weighted by molar-refractivity contribution is 0.0779. The first kappa shape index (κ1) is 20.1. The Labute approximate surface area is 157 Å². The van der Waals surface area contributed by atoms with Crippen LogP contribution < -0.4 is 14.2 Å². The van der Waals surface area contributed by atoms with Crippen molar-refractivity contribution in [2.45, 2.75) is 18.7 Å². The molecule has 1 heterocycles. The minimum Gasteiger partial charge on any atom is -0.493 e. The standard InChI is InChI=1S/C17H22N2O5S2/c1-5-19(6-2)17(20)16-13(9-10-25-16)18-26(21,22)12-7-8-14(23-3)15(11-12)24-4/h7-11,18H,5-6H2,1-4H3. The van der Waals surface area contributed by atoms with Crippen LogP contribution in [0, 0.1) is 0 Å². The third kappa shape index (κ3) is 4.10. The van der Waals surface area contributed by atoms with Crippen LogP contribution in [0.25, 0.3) is 0 Å². The van der Waals surface area contributed by atoms with Gasteiger partial charge in [-0.15, -0.1) is 11.3 Å². The molecule has 0 fully saturated rings. The van der Waals surface area contributed by atoms with Crippen molar-refractivity contribution >= 4 is 33.0 Å². The first-order valence-corrected chi connectivity index (χ1v) is 10.4. The number of rotatable bonds is 8. The van der Waals surface area contributed by atoms with Gasteiger partial charge in [0.2, 0.25) is 0 Å². The predicted octanol–water partition coefficient (Wildman–Crippen LogP) is 3.05. The Bertz CT molecular complexity index is 873. The van der Waals surface area contributed by atoms with Gasteiger partial charge < -0.3 is 14.4 Å². The van der Waals surface area contributed by atoms with Crippen molar-refractivity contribution in [1.82, 2.24) is 4.90 Å². The monoisotopic (exact) mass is 398 g/mol. The van der Waals surface area contributed by atoms with E-state index < -0.39 is 10.0 Å². The molecule has 0 aliphatic carbocycles. The fourth-order valence-electron chi connectivity index (χ4n) is 2.40. The summed E-state index contributed by atoms with van der Waals surface area (Å²) < 4.78 is 38.2. The highest BCUT2D eigenvalue weighted by Crippen LogP contribution is 2.31. The minimum atomic E-state index is -3.89. The maximum Gasteiger partial charge on any atom is 0.266 e. The molecule has 0 saturated heterocycles. The number of nitrogens with one attached hydrogen (secondary N) is 1. The molecule has 0 aliphatic heterocycles. The largest absolute Gasteiger partial charge is 0.493 e. The zero-order valence-electron chi connectivity index (χ0n) is 15.1. The van der Waals surface area contributed by atoms with Gasteiger partial charge in [-0.1, -0.05) is 0 Å². The molecule has 0 spiro atoms. The van der Waals surface area contributed by atoms with E-state index in [1.54, 1.807) is 16.3 Å². The van der Waals surface area contributed by atoms with Crippen molar-refractivity contribution in [2.24, 2.45) is 0 Å². The molecule has 0 saturated carbocycles. The zero-order valence-corrected chi connectivity index (χ0v) is 16.7. The van der Waals surface area contributed by atoms with Crippen molar-refractivity contribution in [3.05, 3.63) is 34.5 Å². The van der Waals surface area contributed by atoms with Crippen LogP contribution in [-0.2, 0) is 10.0 Å². The number of sulfonamides is 1. The van der Waals surface area contributed by atoms with E-state index in [0.717, 1.165) is 0 Å². The first-order chi connectivity index (χ1) is 12.4. The highest BCUT2D eigenvalue weighted by molar-refractivity contribution is 7.92. The lowest BCUT2D eigenvalue weighted by Crippen LogP contribution is -2.30. The molecular weight excluding hydrogens is 376 g/mol. The molecule has 0 radical (unpaired) electrons. The third-order valence-corrected chi connectivity index (χ3v) is 6.09. The van der Waals surface area contributed by atoms with Crippen LogP contribution in [-0.4, -0.2) is 46.5 Å². The van der Waals surface area contributed by atoms with Crippen LogP contribution in [0.4, 0.5) is 5.69 Å². The Hall–Kier alpha value is -2.26. The maximum atomic E-state index is 12.7. The van der Waals surface area contributed by atoms with Gasteiger partial charge in [-0.05, 0) is 37.4 Å².